The minimum Gasteiger partial charge on any atom is -0.383 e. The number of sulfonamides is 1. The maximum absolute atomic E-state index is 13.7. The lowest BCUT2D eigenvalue weighted by Crippen LogP contribution is -2.34. The Morgan fingerprint density at radius 1 is 0.968 bits per heavy atom. The van der Waals surface area contributed by atoms with Crippen molar-refractivity contribution in [3.05, 3.63) is 96.4 Å². The van der Waals surface area contributed by atoms with E-state index in [9.17, 15) is 8.42 Å². The van der Waals surface area contributed by atoms with Crippen LogP contribution in [-0.2, 0) is 27.8 Å². The minimum absolute atomic E-state index is 0.211. The van der Waals surface area contributed by atoms with Crippen LogP contribution in [0.5, 0.6) is 0 Å². The van der Waals surface area contributed by atoms with E-state index < -0.39 is 10.0 Å². The van der Waals surface area contributed by atoms with Crippen molar-refractivity contribution in [1.29, 1.82) is 0 Å². The maximum Gasteiger partial charge on any atom is 0.245 e. The number of aromatic nitrogens is 2. The molecule has 4 rings (SSSR count). The van der Waals surface area contributed by atoms with Gasteiger partial charge in [-0.1, -0.05) is 48.5 Å². The second kappa shape index (κ2) is 9.43. The van der Waals surface area contributed by atoms with E-state index in [0.29, 0.717) is 18.7 Å². The highest BCUT2D eigenvalue weighted by Gasteiger charge is 2.27. The van der Waals surface area contributed by atoms with Gasteiger partial charge in [0.15, 0.2) is 0 Å². The van der Waals surface area contributed by atoms with Crippen LogP contribution in [0.25, 0.3) is 10.9 Å². The lowest BCUT2D eigenvalue weighted by atomic mass is 10.2. The van der Waals surface area contributed by atoms with Crippen molar-refractivity contribution in [3.63, 3.8) is 0 Å². The summed E-state index contributed by atoms with van der Waals surface area (Å²) in [6.45, 7) is 1.47. The number of benzene rings is 2. The SMILES string of the molecule is COCCN(Cc1cccn1Cc1ccccc1)S(=O)(=O)c1cccc2cccnc12. The molecule has 0 aliphatic carbocycles. The molecule has 31 heavy (non-hydrogen) atoms. The molecule has 0 unspecified atom stereocenters. The lowest BCUT2D eigenvalue weighted by Gasteiger charge is -2.23. The molecular weight excluding hydrogens is 410 g/mol. The first kappa shape index (κ1) is 21.2. The second-order valence-electron chi connectivity index (χ2n) is 7.28. The van der Waals surface area contributed by atoms with Crippen LogP contribution < -0.4 is 0 Å². The highest BCUT2D eigenvalue weighted by molar-refractivity contribution is 7.89. The topological polar surface area (TPSA) is 64.4 Å². The van der Waals surface area contributed by atoms with E-state index >= 15 is 0 Å². The number of hydrogen-bond donors (Lipinski definition) is 0. The largest absolute Gasteiger partial charge is 0.383 e. The molecule has 2 heterocycles. The number of methoxy groups -OCH3 is 1. The summed E-state index contributed by atoms with van der Waals surface area (Å²) >= 11 is 0. The van der Waals surface area contributed by atoms with Crippen LogP contribution >= 0.6 is 0 Å². The Hall–Kier alpha value is -3.00. The molecule has 7 heteroatoms. The second-order valence-corrected chi connectivity index (χ2v) is 9.18. The summed E-state index contributed by atoms with van der Waals surface area (Å²) in [6, 6.07) is 22.9. The van der Waals surface area contributed by atoms with Crippen LogP contribution in [-0.4, -0.2) is 42.5 Å². The summed E-state index contributed by atoms with van der Waals surface area (Å²) < 4.78 is 36.1. The molecule has 0 saturated heterocycles. The van der Waals surface area contributed by atoms with Crippen molar-refractivity contribution in [2.75, 3.05) is 20.3 Å². The molecule has 0 bridgehead atoms. The first-order valence-electron chi connectivity index (χ1n) is 10.1. The van der Waals surface area contributed by atoms with E-state index in [4.69, 9.17) is 4.74 Å². The van der Waals surface area contributed by atoms with Gasteiger partial charge < -0.3 is 9.30 Å². The number of hydrogen-bond acceptors (Lipinski definition) is 4. The summed E-state index contributed by atoms with van der Waals surface area (Å²) in [7, 11) is -2.22. The third-order valence-electron chi connectivity index (χ3n) is 5.22. The third kappa shape index (κ3) is 4.69. The van der Waals surface area contributed by atoms with Gasteiger partial charge in [-0.25, -0.2) is 8.42 Å². The molecule has 0 atom stereocenters. The number of rotatable bonds is 9. The fourth-order valence-electron chi connectivity index (χ4n) is 3.61. The zero-order chi connectivity index (χ0) is 21.7. The van der Waals surface area contributed by atoms with E-state index in [1.165, 1.54) is 4.31 Å². The molecule has 160 valence electrons. The quantitative estimate of drug-likeness (QED) is 0.400. The molecule has 0 aliphatic rings. The Balaban J connectivity index is 1.68. The Bertz CT molecular complexity index is 1250. The van der Waals surface area contributed by atoms with Crippen LogP contribution in [0.2, 0.25) is 0 Å². The van der Waals surface area contributed by atoms with Crippen LogP contribution in [0, 0.1) is 0 Å². The predicted octanol–water partition coefficient (Wildman–Crippen LogP) is 3.92. The van der Waals surface area contributed by atoms with Crippen molar-refractivity contribution in [1.82, 2.24) is 13.9 Å². The molecule has 2 aromatic carbocycles. The van der Waals surface area contributed by atoms with E-state index in [0.717, 1.165) is 16.6 Å². The smallest absolute Gasteiger partial charge is 0.245 e. The van der Waals surface area contributed by atoms with Gasteiger partial charge in [0.25, 0.3) is 0 Å². The van der Waals surface area contributed by atoms with Gasteiger partial charge in [-0.05, 0) is 29.8 Å². The van der Waals surface area contributed by atoms with Crippen LogP contribution in [0.15, 0.2) is 90.1 Å². The van der Waals surface area contributed by atoms with Gasteiger partial charge in [0, 0.05) is 43.7 Å². The van der Waals surface area contributed by atoms with Crippen molar-refractivity contribution >= 4 is 20.9 Å². The zero-order valence-corrected chi connectivity index (χ0v) is 18.2. The Labute approximate surface area is 182 Å². The zero-order valence-electron chi connectivity index (χ0n) is 17.4. The van der Waals surface area contributed by atoms with Gasteiger partial charge in [0.2, 0.25) is 10.0 Å². The molecule has 2 aromatic heterocycles. The van der Waals surface area contributed by atoms with Crippen molar-refractivity contribution < 1.29 is 13.2 Å². The van der Waals surface area contributed by atoms with Gasteiger partial charge >= 0.3 is 0 Å². The number of pyridine rings is 1. The van der Waals surface area contributed by atoms with Crippen LogP contribution in [0.3, 0.4) is 0 Å². The van der Waals surface area contributed by atoms with Crippen molar-refractivity contribution in [2.45, 2.75) is 18.0 Å². The number of ether oxygens (including phenoxy) is 1. The van der Waals surface area contributed by atoms with Crippen LogP contribution in [0.1, 0.15) is 11.3 Å². The Kier molecular flexibility index (Phi) is 6.46. The predicted molar refractivity (Wildman–Crippen MR) is 121 cm³/mol. The fraction of sp³-hybridized carbons (Fsp3) is 0.208. The molecular formula is C24H25N3O3S. The highest BCUT2D eigenvalue weighted by Crippen LogP contribution is 2.25. The standard InChI is InChI=1S/C24H25N3O3S/c1-30-17-16-27(19-22-12-7-15-26(22)18-20-8-3-2-4-9-20)31(28,29)23-13-5-10-21-11-6-14-25-24(21)23/h2-15H,16-19H2,1H3. The molecule has 0 amide bonds. The number of fused-ring (bicyclic) bond motifs is 1. The van der Waals surface area contributed by atoms with E-state index in [-0.39, 0.29) is 18.0 Å². The first-order chi connectivity index (χ1) is 15.1. The average Bonchev–Trinajstić information content (AvgIpc) is 3.23. The first-order valence-corrected chi connectivity index (χ1v) is 11.5. The lowest BCUT2D eigenvalue weighted by molar-refractivity contribution is 0.177. The van der Waals surface area contributed by atoms with Gasteiger partial charge in [-0.2, -0.15) is 4.31 Å². The molecule has 0 saturated carbocycles. The summed E-state index contributed by atoms with van der Waals surface area (Å²) in [5.74, 6) is 0. The van der Waals surface area contributed by atoms with E-state index in [1.807, 2.05) is 48.7 Å². The summed E-state index contributed by atoms with van der Waals surface area (Å²) in [5.41, 5.74) is 2.55. The molecule has 6 nitrogen and oxygen atoms in total. The normalized spacial score (nSPS) is 11.9. The summed E-state index contributed by atoms with van der Waals surface area (Å²) in [5, 5.41) is 0.794. The third-order valence-corrected chi connectivity index (χ3v) is 7.09. The molecule has 0 aliphatic heterocycles. The van der Waals surface area contributed by atoms with E-state index in [2.05, 4.69) is 21.7 Å². The highest BCUT2D eigenvalue weighted by atomic mass is 32.2. The molecule has 0 N–H and O–H groups in total. The van der Waals surface area contributed by atoms with Crippen molar-refractivity contribution in [3.8, 4) is 0 Å². The van der Waals surface area contributed by atoms with Gasteiger partial charge in [-0.15, -0.1) is 0 Å². The molecule has 0 fully saturated rings. The number of nitrogens with zero attached hydrogens (tertiary/aromatic N) is 3. The Morgan fingerprint density at radius 2 is 1.77 bits per heavy atom. The minimum atomic E-state index is -3.79. The number of para-hydroxylation sites is 1. The molecule has 0 radical (unpaired) electrons. The summed E-state index contributed by atoms with van der Waals surface area (Å²) in [4.78, 5) is 4.55. The monoisotopic (exact) mass is 435 g/mol. The average molecular weight is 436 g/mol. The maximum atomic E-state index is 13.7. The molecule has 4 aromatic rings. The molecule has 0 spiro atoms. The van der Waals surface area contributed by atoms with Crippen LogP contribution in [0.4, 0.5) is 0 Å². The van der Waals surface area contributed by atoms with Gasteiger partial charge in [0.05, 0.1) is 18.7 Å². The van der Waals surface area contributed by atoms with Gasteiger partial charge in [-0.3, -0.25) is 4.98 Å². The summed E-state index contributed by atoms with van der Waals surface area (Å²) in [6.07, 6.45) is 3.59. The van der Waals surface area contributed by atoms with Gasteiger partial charge in [0.1, 0.15) is 4.90 Å². The fourth-order valence-corrected chi connectivity index (χ4v) is 5.17. The Morgan fingerprint density at radius 3 is 2.58 bits per heavy atom. The van der Waals surface area contributed by atoms with E-state index in [1.54, 1.807) is 31.5 Å². The van der Waals surface area contributed by atoms with Crippen molar-refractivity contribution in [2.24, 2.45) is 0 Å².